The maximum absolute atomic E-state index is 12.6. The van der Waals surface area contributed by atoms with E-state index in [1.165, 1.54) is 12.8 Å². The van der Waals surface area contributed by atoms with Crippen molar-refractivity contribution in [2.75, 3.05) is 19.6 Å². The lowest BCUT2D eigenvalue weighted by Crippen LogP contribution is -2.45. The summed E-state index contributed by atoms with van der Waals surface area (Å²) in [6, 6.07) is 9.99. The Balaban J connectivity index is 1.74. The van der Waals surface area contributed by atoms with Crippen molar-refractivity contribution in [2.45, 2.75) is 32.2 Å². The first-order valence-corrected chi connectivity index (χ1v) is 7.79. The number of para-hydroxylation sites is 1. The lowest BCUT2D eigenvalue weighted by atomic mass is 10.0. The minimum Gasteiger partial charge on any atom is -0.451 e. The first kappa shape index (κ1) is 14.1. The summed E-state index contributed by atoms with van der Waals surface area (Å²) in [5.41, 5.74) is 0.771. The average molecular weight is 286 g/mol. The van der Waals surface area contributed by atoms with Crippen molar-refractivity contribution in [1.29, 1.82) is 0 Å². The Labute approximate surface area is 125 Å². The molecule has 2 aromatic rings. The number of furan rings is 1. The van der Waals surface area contributed by atoms with E-state index in [0.717, 1.165) is 30.5 Å². The van der Waals surface area contributed by atoms with E-state index in [2.05, 4.69) is 5.32 Å². The highest BCUT2D eigenvalue weighted by molar-refractivity contribution is 5.96. The van der Waals surface area contributed by atoms with Crippen molar-refractivity contribution >= 4 is 16.9 Å². The van der Waals surface area contributed by atoms with Gasteiger partial charge in [-0.3, -0.25) is 4.79 Å². The van der Waals surface area contributed by atoms with Gasteiger partial charge in [0.25, 0.3) is 5.91 Å². The molecule has 1 amide bonds. The number of fused-ring (bicyclic) bond motifs is 1. The van der Waals surface area contributed by atoms with Gasteiger partial charge in [0.1, 0.15) is 5.58 Å². The predicted octanol–water partition coefficient (Wildman–Crippen LogP) is 3.04. The zero-order valence-corrected chi connectivity index (χ0v) is 12.5. The number of hydrogen-bond acceptors (Lipinski definition) is 3. The zero-order valence-electron chi connectivity index (χ0n) is 12.5. The summed E-state index contributed by atoms with van der Waals surface area (Å²) in [6.45, 7) is 4.53. The van der Waals surface area contributed by atoms with Gasteiger partial charge in [0, 0.05) is 24.5 Å². The van der Waals surface area contributed by atoms with Crippen LogP contribution in [0.1, 0.15) is 36.7 Å². The Bertz CT molecular complexity index is 581. The quantitative estimate of drug-likeness (QED) is 0.939. The van der Waals surface area contributed by atoms with Crippen molar-refractivity contribution in [3.63, 3.8) is 0 Å². The molecule has 3 rings (SSSR count). The van der Waals surface area contributed by atoms with Gasteiger partial charge in [-0.2, -0.15) is 0 Å². The molecule has 4 nitrogen and oxygen atoms in total. The van der Waals surface area contributed by atoms with Gasteiger partial charge in [0.05, 0.1) is 0 Å². The number of rotatable bonds is 4. The minimum atomic E-state index is -0.0129. The first-order chi connectivity index (χ1) is 10.3. The third-order valence-electron chi connectivity index (χ3n) is 4.16. The average Bonchev–Trinajstić information content (AvgIpc) is 2.97. The van der Waals surface area contributed by atoms with Crippen molar-refractivity contribution < 1.29 is 9.21 Å². The molecule has 0 saturated carbocycles. The van der Waals surface area contributed by atoms with Crippen LogP contribution < -0.4 is 5.32 Å². The Morgan fingerprint density at radius 2 is 2.24 bits per heavy atom. The molecule has 1 aliphatic rings. The molecular formula is C17H22N2O2. The highest BCUT2D eigenvalue weighted by Gasteiger charge is 2.22. The van der Waals surface area contributed by atoms with Crippen LogP contribution in [0.4, 0.5) is 0 Å². The number of carbonyl (C=O) groups excluding carboxylic acids is 1. The van der Waals surface area contributed by atoms with Gasteiger partial charge in [-0.1, -0.05) is 24.6 Å². The van der Waals surface area contributed by atoms with Crippen LogP contribution in [0.15, 0.2) is 34.7 Å². The summed E-state index contributed by atoms with van der Waals surface area (Å²) in [7, 11) is 0. The van der Waals surface area contributed by atoms with E-state index in [1.807, 2.05) is 42.2 Å². The van der Waals surface area contributed by atoms with E-state index in [1.54, 1.807) is 0 Å². The van der Waals surface area contributed by atoms with Gasteiger partial charge in [-0.15, -0.1) is 0 Å². The molecule has 1 aromatic carbocycles. The van der Waals surface area contributed by atoms with E-state index in [0.29, 0.717) is 18.3 Å². The third-order valence-corrected chi connectivity index (χ3v) is 4.16. The number of benzene rings is 1. The first-order valence-electron chi connectivity index (χ1n) is 7.79. The molecule has 1 fully saturated rings. The fraction of sp³-hybridized carbons (Fsp3) is 0.471. The summed E-state index contributed by atoms with van der Waals surface area (Å²) < 4.78 is 5.69. The van der Waals surface area contributed by atoms with Gasteiger partial charge in [-0.25, -0.2) is 0 Å². The molecule has 4 heteroatoms. The van der Waals surface area contributed by atoms with Crippen molar-refractivity contribution in [3.05, 3.63) is 36.1 Å². The van der Waals surface area contributed by atoms with Crippen molar-refractivity contribution in [1.82, 2.24) is 10.2 Å². The van der Waals surface area contributed by atoms with Gasteiger partial charge in [0.2, 0.25) is 0 Å². The zero-order chi connectivity index (χ0) is 14.7. The van der Waals surface area contributed by atoms with Crippen LogP contribution >= 0.6 is 0 Å². The summed E-state index contributed by atoms with van der Waals surface area (Å²) in [6.07, 6.45) is 3.62. The molecule has 112 valence electrons. The van der Waals surface area contributed by atoms with E-state index in [-0.39, 0.29) is 5.91 Å². The molecule has 1 N–H and O–H groups in total. The molecule has 2 heterocycles. The molecule has 1 unspecified atom stereocenters. The maximum atomic E-state index is 12.6. The van der Waals surface area contributed by atoms with E-state index in [4.69, 9.17) is 4.42 Å². The van der Waals surface area contributed by atoms with E-state index >= 15 is 0 Å². The Morgan fingerprint density at radius 1 is 1.38 bits per heavy atom. The molecule has 0 radical (unpaired) electrons. The lowest BCUT2D eigenvalue weighted by Gasteiger charge is -2.29. The SMILES string of the molecule is CCN(CC1CCCCN1)C(=O)c1cc2ccccc2o1. The number of piperidine rings is 1. The van der Waals surface area contributed by atoms with Crippen LogP contribution in [0.3, 0.4) is 0 Å². The topological polar surface area (TPSA) is 45.5 Å². The Hall–Kier alpha value is -1.81. The van der Waals surface area contributed by atoms with E-state index < -0.39 is 0 Å². The van der Waals surface area contributed by atoms with Gasteiger partial charge in [0.15, 0.2) is 5.76 Å². The number of likely N-dealkylation sites (N-methyl/N-ethyl adjacent to an activating group) is 1. The van der Waals surface area contributed by atoms with Crippen LogP contribution in [0.25, 0.3) is 11.0 Å². The van der Waals surface area contributed by atoms with Crippen molar-refractivity contribution in [2.24, 2.45) is 0 Å². The molecule has 0 bridgehead atoms. The fourth-order valence-electron chi connectivity index (χ4n) is 2.94. The molecule has 0 aliphatic carbocycles. The summed E-state index contributed by atoms with van der Waals surface area (Å²) in [4.78, 5) is 14.5. The number of nitrogens with one attached hydrogen (secondary N) is 1. The third kappa shape index (κ3) is 3.10. The molecule has 1 atom stereocenters. The highest BCUT2D eigenvalue weighted by atomic mass is 16.3. The minimum absolute atomic E-state index is 0.0129. The van der Waals surface area contributed by atoms with E-state index in [9.17, 15) is 4.79 Å². The number of amides is 1. The smallest absolute Gasteiger partial charge is 0.289 e. The second kappa shape index (κ2) is 6.31. The van der Waals surface area contributed by atoms with Crippen LogP contribution in [0, 0.1) is 0 Å². The van der Waals surface area contributed by atoms with Crippen LogP contribution in [-0.4, -0.2) is 36.5 Å². The molecule has 0 spiro atoms. The van der Waals surface area contributed by atoms with Crippen LogP contribution in [-0.2, 0) is 0 Å². The molecular weight excluding hydrogens is 264 g/mol. The summed E-state index contributed by atoms with van der Waals surface area (Å²) in [5.74, 6) is 0.426. The summed E-state index contributed by atoms with van der Waals surface area (Å²) >= 11 is 0. The second-order valence-corrected chi connectivity index (χ2v) is 5.64. The van der Waals surface area contributed by atoms with Gasteiger partial charge >= 0.3 is 0 Å². The largest absolute Gasteiger partial charge is 0.451 e. The monoisotopic (exact) mass is 286 g/mol. The molecule has 1 aromatic heterocycles. The summed E-state index contributed by atoms with van der Waals surface area (Å²) in [5, 5.41) is 4.47. The second-order valence-electron chi connectivity index (χ2n) is 5.64. The maximum Gasteiger partial charge on any atom is 0.289 e. The normalized spacial score (nSPS) is 18.8. The molecule has 1 aliphatic heterocycles. The van der Waals surface area contributed by atoms with Gasteiger partial charge in [-0.05, 0) is 38.4 Å². The molecule has 1 saturated heterocycles. The fourth-order valence-corrected chi connectivity index (χ4v) is 2.94. The van der Waals surface area contributed by atoms with Crippen molar-refractivity contribution in [3.8, 4) is 0 Å². The Kier molecular flexibility index (Phi) is 4.25. The standard InChI is InChI=1S/C17H22N2O2/c1-2-19(12-14-8-5-6-10-18-14)17(20)16-11-13-7-3-4-9-15(13)21-16/h3-4,7,9,11,14,18H,2,5-6,8,10,12H2,1H3. The number of nitrogens with zero attached hydrogens (tertiary/aromatic N) is 1. The number of carbonyl (C=O) groups is 1. The molecule has 21 heavy (non-hydrogen) atoms. The predicted molar refractivity (Wildman–Crippen MR) is 83.4 cm³/mol. The lowest BCUT2D eigenvalue weighted by molar-refractivity contribution is 0.0712. The van der Waals surface area contributed by atoms with Gasteiger partial charge < -0.3 is 14.6 Å². The Morgan fingerprint density at radius 3 is 2.95 bits per heavy atom. The van der Waals surface area contributed by atoms with Crippen LogP contribution in [0.5, 0.6) is 0 Å². The van der Waals surface area contributed by atoms with Crippen LogP contribution in [0.2, 0.25) is 0 Å². The number of hydrogen-bond donors (Lipinski definition) is 1. The highest BCUT2D eigenvalue weighted by Crippen LogP contribution is 2.20.